The maximum atomic E-state index is 12.7. The van der Waals surface area contributed by atoms with Crippen molar-refractivity contribution in [3.8, 4) is 11.4 Å². The van der Waals surface area contributed by atoms with Gasteiger partial charge < -0.3 is 9.63 Å². The molecule has 4 rings (SSSR count). The molecule has 2 aromatic rings. The molecule has 1 saturated carbocycles. The van der Waals surface area contributed by atoms with Gasteiger partial charge in [-0.25, -0.2) is 0 Å². The molecule has 1 aliphatic heterocycles. The van der Waals surface area contributed by atoms with Gasteiger partial charge in [0.1, 0.15) is 0 Å². The van der Waals surface area contributed by atoms with Crippen molar-refractivity contribution in [3.63, 3.8) is 0 Å². The van der Waals surface area contributed by atoms with E-state index in [4.69, 9.17) is 4.52 Å². The van der Waals surface area contributed by atoms with Gasteiger partial charge in [0.25, 0.3) is 0 Å². The maximum absolute atomic E-state index is 12.7. The molecule has 28 heavy (non-hydrogen) atoms. The second-order valence-electron chi connectivity index (χ2n) is 7.89. The molecule has 2 aliphatic rings. The molecule has 1 aromatic carbocycles. The molecule has 152 valence electrons. The Labute approximate surface area is 161 Å². The Balaban J connectivity index is 1.49. The highest BCUT2D eigenvalue weighted by Crippen LogP contribution is 2.35. The normalized spacial score (nSPS) is 24.7. The Bertz CT molecular complexity index is 785. The van der Waals surface area contributed by atoms with Crippen molar-refractivity contribution in [1.29, 1.82) is 0 Å². The van der Waals surface area contributed by atoms with Crippen molar-refractivity contribution >= 4 is 0 Å². The van der Waals surface area contributed by atoms with E-state index < -0.39 is 17.8 Å². The van der Waals surface area contributed by atoms with Crippen LogP contribution in [0.15, 0.2) is 28.8 Å². The number of alkyl halides is 3. The van der Waals surface area contributed by atoms with E-state index in [1.54, 1.807) is 0 Å². The fourth-order valence-electron chi connectivity index (χ4n) is 4.34. The predicted molar refractivity (Wildman–Crippen MR) is 96.2 cm³/mol. The quantitative estimate of drug-likeness (QED) is 0.829. The second kappa shape index (κ2) is 7.83. The number of benzene rings is 1. The van der Waals surface area contributed by atoms with Crippen LogP contribution in [0, 0.1) is 5.92 Å². The van der Waals surface area contributed by atoms with Crippen LogP contribution < -0.4 is 0 Å². The summed E-state index contributed by atoms with van der Waals surface area (Å²) in [6, 6.07) is 4.58. The van der Waals surface area contributed by atoms with E-state index in [-0.39, 0.29) is 11.9 Å². The van der Waals surface area contributed by atoms with Crippen LogP contribution in [0.4, 0.5) is 13.2 Å². The molecule has 2 fully saturated rings. The Hall–Kier alpha value is -1.93. The molecule has 0 spiro atoms. The average molecular weight is 395 g/mol. The SMILES string of the molecule is O[C@@H]1C[C@@H](c2nc(-c3ccc(C(F)(F)F)cc3)no2)N(CC2CCCCC2)C1. The fraction of sp³-hybridized carbons (Fsp3) is 0.600. The van der Waals surface area contributed by atoms with Crippen LogP contribution >= 0.6 is 0 Å². The number of nitrogens with zero attached hydrogens (tertiary/aromatic N) is 3. The molecule has 2 heterocycles. The standard InChI is InChI=1S/C20H24F3N3O2/c21-20(22,23)15-8-6-14(7-9-15)18-24-19(28-25-18)17-10-16(27)12-26(17)11-13-4-2-1-3-5-13/h6-9,13,16-17,27H,1-5,10-12H2/t16-,17+/m1/s1. The highest BCUT2D eigenvalue weighted by Gasteiger charge is 2.37. The minimum Gasteiger partial charge on any atom is -0.392 e. The van der Waals surface area contributed by atoms with Gasteiger partial charge in [0.05, 0.1) is 17.7 Å². The number of halogens is 3. The molecule has 8 heteroatoms. The summed E-state index contributed by atoms with van der Waals surface area (Å²) in [5.41, 5.74) is -0.238. The van der Waals surface area contributed by atoms with Gasteiger partial charge in [-0.05, 0) is 37.3 Å². The minimum atomic E-state index is -4.37. The Morgan fingerprint density at radius 3 is 2.50 bits per heavy atom. The van der Waals surface area contributed by atoms with Gasteiger partial charge >= 0.3 is 6.18 Å². The summed E-state index contributed by atoms with van der Waals surface area (Å²) in [6.45, 7) is 1.48. The highest BCUT2D eigenvalue weighted by molar-refractivity contribution is 5.54. The fourth-order valence-corrected chi connectivity index (χ4v) is 4.34. The number of rotatable bonds is 4. The number of aliphatic hydroxyl groups excluding tert-OH is 1. The van der Waals surface area contributed by atoms with E-state index in [2.05, 4.69) is 15.0 Å². The summed E-state index contributed by atoms with van der Waals surface area (Å²) >= 11 is 0. The molecule has 1 saturated heterocycles. The van der Waals surface area contributed by atoms with Crippen molar-refractivity contribution in [2.24, 2.45) is 5.92 Å². The first kappa shape index (κ1) is 19.4. The summed E-state index contributed by atoms with van der Waals surface area (Å²) in [6.07, 6.45) is 1.94. The highest BCUT2D eigenvalue weighted by atomic mass is 19.4. The van der Waals surface area contributed by atoms with Gasteiger partial charge in [0.2, 0.25) is 11.7 Å². The number of aliphatic hydroxyl groups is 1. The lowest BCUT2D eigenvalue weighted by molar-refractivity contribution is -0.137. The first-order valence-corrected chi connectivity index (χ1v) is 9.83. The summed E-state index contributed by atoms with van der Waals surface area (Å²) in [4.78, 5) is 6.63. The van der Waals surface area contributed by atoms with E-state index in [9.17, 15) is 18.3 Å². The molecule has 0 radical (unpaired) electrons. The van der Waals surface area contributed by atoms with Gasteiger partial charge in [0, 0.05) is 18.7 Å². The van der Waals surface area contributed by atoms with Crippen LogP contribution in [0.5, 0.6) is 0 Å². The molecule has 5 nitrogen and oxygen atoms in total. The van der Waals surface area contributed by atoms with E-state index in [1.165, 1.54) is 44.2 Å². The Morgan fingerprint density at radius 1 is 1.11 bits per heavy atom. The van der Waals surface area contributed by atoms with Crippen LogP contribution in [0.25, 0.3) is 11.4 Å². The topological polar surface area (TPSA) is 62.4 Å². The van der Waals surface area contributed by atoms with E-state index in [0.717, 1.165) is 18.7 Å². The first-order chi connectivity index (χ1) is 13.4. The zero-order valence-electron chi connectivity index (χ0n) is 15.5. The van der Waals surface area contributed by atoms with Crippen molar-refractivity contribution in [1.82, 2.24) is 15.0 Å². The maximum Gasteiger partial charge on any atom is 0.416 e. The van der Waals surface area contributed by atoms with Gasteiger partial charge in [0.15, 0.2) is 0 Å². The molecule has 1 aromatic heterocycles. The van der Waals surface area contributed by atoms with Crippen molar-refractivity contribution in [3.05, 3.63) is 35.7 Å². The van der Waals surface area contributed by atoms with Gasteiger partial charge in [-0.2, -0.15) is 18.2 Å². The molecule has 0 unspecified atom stereocenters. The lowest BCUT2D eigenvalue weighted by Crippen LogP contribution is -2.31. The Kier molecular flexibility index (Phi) is 5.42. The zero-order valence-corrected chi connectivity index (χ0v) is 15.5. The number of aromatic nitrogens is 2. The summed E-state index contributed by atoms with van der Waals surface area (Å²) < 4.78 is 43.6. The van der Waals surface area contributed by atoms with Crippen LogP contribution in [-0.4, -0.2) is 39.3 Å². The van der Waals surface area contributed by atoms with E-state index >= 15 is 0 Å². The minimum absolute atomic E-state index is 0.146. The summed E-state index contributed by atoms with van der Waals surface area (Å²) in [5.74, 6) is 1.31. The van der Waals surface area contributed by atoms with Crippen molar-refractivity contribution in [2.75, 3.05) is 13.1 Å². The van der Waals surface area contributed by atoms with Gasteiger partial charge in [-0.1, -0.05) is 36.6 Å². The third-order valence-corrected chi connectivity index (χ3v) is 5.80. The molecule has 1 N–H and O–H groups in total. The van der Waals surface area contributed by atoms with Crippen LogP contribution in [-0.2, 0) is 6.18 Å². The van der Waals surface area contributed by atoms with Crippen molar-refractivity contribution < 1.29 is 22.8 Å². The largest absolute Gasteiger partial charge is 0.416 e. The Morgan fingerprint density at radius 2 is 1.82 bits per heavy atom. The molecule has 0 amide bonds. The number of hydrogen-bond donors (Lipinski definition) is 1. The number of β-amino-alcohol motifs (C(OH)–C–C–N with tert-alkyl or cyclic N) is 1. The van der Waals surface area contributed by atoms with Gasteiger partial charge in [-0.15, -0.1) is 0 Å². The summed E-state index contributed by atoms with van der Waals surface area (Å²) in [5, 5.41) is 14.1. The zero-order chi connectivity index (χ0) is 19.7. The van der Waals surface area contributed by atoms with E-state index in [0.29, 0.717) is 30.3 Å². The molecule has 2 atom stereocenters. The van der Waals surface area contributed by atoms with Crippen molar-refractivity contribution in [2.45, 2.75) is 56.8 Å². The van der Waals surface area contributed by atoms with Crippen LogP contribution in [0.2, 0.25) is 0 Å². The molecular formula is C20H24F3N3O2. The van der Waals surface area contributed by atoms with Crippen LogP contribution in [0.1, 0.15) is 56.0 Å². The first-order valence-electron chi connectivity index (χ1n) is 9.83. The monoisotopic (exact) mass is 395 g/mol. The lowest BCUT2D eigenvalue weighted by atomic mass is 9.89. The summed E-state index contributed by atoms with van der Waals surface area (Å²) in [7, 11) is 0. The molecular weight excluding hydrogens is 371 g/mol. The molecule has 1 aliphatic carbocycles. The number of likely N-dealkylation sites (tertiary alicyclic amines) is 1. The average Bonchev–Trinajstić information content (AvgIpc) is 3.29. The third kappa shape index (κ3) is 4.22. The second-order valence-corrected chi connectivity index (χ2v) is 7.89. The van der Waals surface area contributed by atoms with Crippen LogP contribution in [0.3, 0.4) is 0 Å². The lowest BCUT2D eigenvalue weighted by Gasteiger charge is -2.29. The smallest absolute Gasteiger partial charge is 0.392 e. The predicted octanol–water partition coefficient (Wildman–Crippen LogP) is 4.44. The molecule has 0 bridgehead atoms. The van der Waals surface area contributed by atoms with E-state index in [1.807, 2.05) is 0 Å². The number of hydrogen-bond acceptors (Lipinski definition) is 5. The third-order valence-electron chi connectivity index (χ3n) is 5.80. The van der Waals surface area contributed by atoms with Gasteiger partial charge in [-0.3, -0.25) is 4.90 Å².